The number of carbonyl (C=O) groups excluding carboxylic acids is 2. The van der Waals surface area contributed by atoms with E-state index in [9.17, 15) is 19.1 Å². The highest BCUT2D eigenvalue weighted by atomic mass is 32.2. The first-order valence-corrected chi connectivity index (χ1v) is 10.5. The van der Waals surface area contributed by atoms with Gasteiger partial charge in [0.1, 0.15) is 16.8 Å². The molecule has 1 aliphatic heterocycles. The maximum Gasteiger partial charge on any atom is 0.243 e. The number of aromatic hydroxyl groups is 1. The van der Waals surface area contributed by atoms with E-state index in [2.05, 4.69) is 0 Å². The largest absolute Gasteiger partial charge is 0.508 e. The number of rotatable bonds is 6. The van der Waals surface area contributed by atoms with Crippen molar-refractivity contribution in [2.45, 2.75) is 11.3 Å². The second kappa shape index (κ2) is 7.77. The van der Waals surface area contributed by atoms with E-state index in [0.717, 1.165) is 5.56 Å². The average molecular weight is 413 g/mol. The van der Waals surface area contributed by atoms with Crippen molar-refractivity contribution in [2.75, 3.05) is 10.7 Å². The lowest BCUT2D eigenvalue weighted by Gasteiger charge is -2.47. The highest BCUT2D eigenvalue weighted by molar-refractivity contribution is 8.01. The maximum atomic E-state index is 13.3. The lowest BCUT2D eigenvalue weighted by atomic mass is 9.92. The van der Waals surface area contributed by atoms with Crippen LogP contribution in [0.1, 0.15) is 21.3 Å². The van der Waals surface area contributed by atoms with E-state index in [1.165, 1.54) is 35.2 Å². The van der Waals surface area contributed by atoms with Crippen LogP contribution in [0.4, 0.5) is 10.1 Å². The Kier molecular flexibility index (Phi) is 5.19. The summed E-state index contributed by atoms with van der Waals surface area (Å²) in [5.41, 5.74) is 1.45. The number of ketones is 1. The van der Waals surface area contributed by atoms with Crippen molar-refractivity contribution in [3.63, 3.8) is 0 Å². The van der Waals surface area contributed by atoms with Gasteiger partial charge in [-0.25, -0.2) is 4.39 Å². The summed E-state index contributed by atoms with van der Waals surface area (Å²) in [6.45, 7) is 0. The number of phenols is 1. The van der Waals surface area contributed by atoms with Crippen molar-refractivity contribution >= 4 is 40.5 Å². The van der Waals surface area contributed by atoms with Crippen LogP contribution in [0.25, 0.3) is 0 Å². The number of thiophene rings is 1. The molecular formula is C21H16FNO3S2. The summed E-state index contributed by atoms with van der Waals surface area (Å²) < 4.78 is 13.3. The van der Waals surface area contributed by atoms with Gasteiger partial charge in [0, 0.05) is 5.69 Å². The monoisotopic (exact) mass is 413 g/mol. The van der Waals surface area contributed by atoms with Crippen LogP contribution >= 0.6 is 23.1 Å². The zero-order chi connectivity index (χ0) is 19.7. The Morgan fingerprint density at radius 2 is 1.82 bits per heavy atom. The van der Waals surface area contributed by atoms with Crippen molar-refractivity contribution in [3.05, 3.63) is 82.3 Å². The van der Waals surface area contributed by atoms with Crippen LogP contribution < -0.4 is 4.90 Å². The topological polar surface area (TPSA) is 57.6 Å². The molecule has 1 fully saturated rings. The number of Topliss-reactive ketones (excluding diaryl/α,β-unsaturated/α-hetero) is 1. The van der Waals surface area contributed by atoms with Crippen LogP contribution in [0, 0.1) is 5.82 Å². The molecule has 1 N–H and O–H groups in total. The minimum Gasteiger partial charge on any atom is -0.508 e. The SMILES string of the molecule is O=C(CS[C@H]1C(=O)N(c2ccc(F)cc2)[C@@H]1c1ccc(O)cc1)c1cccs1. The first kappa shape index (κ1) is 18.7. The smallest absolute Gasteiger partial charge is 0.243 e. The van der Waals surface area contributed by atoms with Gasteiger partial charge in [0.2, 0.25) is 5.91 Å². The minimum absolute atomic E-state index is 0.00233. The van der Waals surface area contributed by atoms with E-state index in [1.54, 1.807) is 47.4 Å². The molecule has 0 spiro atoms. The van der Waals surface area contributed by atoms with E-state index < -0.39 is 5.25 Å². The summed E-state index contributed by atoms with van der Waals surface area (Å²) in [5.74, 6) is -0.140. The second-order valence-electron chi connectivity index (χ2n) is 6.35. The van der Waals surface area contributed by atoms with Gasteiger partial charge in [-0.1, -0.05) is 18.2 Å². The van der Waals surface area contributed by atoms with Gasteiger partial charge in [0.15, 0.2) is 5.78 Å². The molecule has 4 rings (SSSR count). The van der Waals surface area contributed by atoms with Gasteiger partial charge >= 0.3 is 0 Å². The molecule has 0 bridgehead atoms. The average Bonchev–Trinajstić information content (AvgIpc) is 3.23. The van der Waals surface area contributed by atoms with Crippen molar-refractivity contribution < 1.29 is 19.1 Å². The molecule has 0 saturated carbocycles. The van der Waals surface area contributed by atoms with E-state index in [4.69, 9.17) is 0 Å². The Morgan fingerprint density at radius 3 is 2.46 bits per heavy atom. The summed E-state index contributed by atoms with van der Waals surface area (Å²) in [6.07, 6.45) is 0. The number of nitrogens with zero attached hydrogens (tertiary/aromatic N) is 1. The van der Waals surface area contributed by atoms with Crippen LogP contribution in [-0.2, 0) is 4.79 Å². The summed E-state index contributed by atoms with van der Waals surface area (Å²) >= 11 is 2.70. The van der Waals surface area contributed by atoms with Crippen LogP contribution in [-0.4, -0.2) is 27.8 Å². The molecule has 7 heteroatoms. The Labute approximate surface area is 169 Å². The van der Waals surface area contributed by atoms with Crippen molar-refractivity contribution in [2.24, 2.45) is 0 Å². The summed E-state index contributed by atoms with van der Waals surface area (Å²) in [6, 6.07) is 15.7. The predicted octanol–water partition coefficient (Wildman–Crippen LogP) is 4.67. The molecular weight excluding hydrogens is 397 g/mol. The lowest BCUT2D eigenvalue weighted by Crippen LogP contribution is -2.57. The molecule has 2 heterocycles. The number of hydrogen-bond acceptors (Lipinski definition) is 5. The highest BCUT2D eigenvalue weighted by Gasteiger charge is 2.49. The Balaban J connectivity index is 1.58. The fourth-order valence-electron chi connectivity index (χ4n) is 3.18. The molecule has 1 aliphatic rings. The van der Waals surface area contributed by atoms with Crippen molar-refractivity contribution in [3.8, 4) is 5.75 Å². The summed E-state index contributed by atoms with van der Waals surface area (Å²) in [5, 5.41) is 11.0. The summed E-state index contributed by atoms with van der Waals surface area (Å²) in [4.78, 5) is 27.5. The van der Waals surface area contributed by atoms with Crippen molar-refractivity contribution in [1.29, 1.82) is 0 Å². The normalized spacial score (nSPS) is 18.8. The molecule has 0 aliphatic carbocycles. The zero-order valence-corrected chi connectivity index (χ0v) is 16.3. The Hall–Kier alpha value is -2.64. The lowest BCUT2D eigenvalue weighted by molar-refractivity contribution is -0.123. The van der Waals surface area contributed by atoms with Gasteiger partial charge in [-0.15, -0.1) is 23.1 Å². The minimum atomic E-state index is -0.418. The molecule has 0 radical (unpaired) electrons. The third-order valence-electron chi connectivity index (χ3n) is 4.58. The predicted molar refractivity (Wildman–Crippen MR) is 110 cm³/mol. The number of thioether (sulfide) groups is 1. The van der Waals surface area contributed by atoms with E-state index in [1.807, 2.05) is 11.4 Å². The number of anilines is 1. The highest BCUT2D eigenvalue weighted by Crippen LogP contribution is 2.45. The zero-order valence-electron chi connectivity index (χ0n) is 14.6. The van der Waals surface area contributed by atoms with Gasteiger partial charge in [-0.05, 0) is 53.4 Å². The first-order valence-electron chi connectivity index (χ1n) is 8.60. The number of carbonyl (C=O) groups is 2. The van der Waals surface area contributed by atoms with E-state index in [-0.39, 0.29) is 35.1 Å². The van der Waals surface area contributed by atoms with Crippen LogP contribution in [0.15, 0.2) is 66.0 Å². The van der Waals surface area contributed by atoms with Crippen LogP contribution in [0.2, 0.25) is 0 Å². The fraction of sp³-hybridized carbons (Fsp3) is 0.143. The van der Waals surface area contributed by atoms with Gasteiger partial charge < -0.3 is 10.0 Å². The number of hydrogen-bond donors (Lipinski definition) is 1. The standard InChI is InChI=1S/C21H16FNO3S2/c22-14-5-7-15(8-6-14)23-19(13-3-9-16(24)10-4-13)20(21(23)26)28-12-17(25)18-2-1-11-27-18/h1-11,19-20,24H,12H2/t19-,20-/m1/s1. The van der Waals surface area contributed by atoms with Crippen LogP contribution in [0.3, 0.4) is 0 Å². The number of β-lactam (4-membered cyclic amide) rings is 1. The van der Waals surface area contributed by atoms with E-state index >= 15 is 0 Å². The molecule has 3 aromatic rings. The molecule has 142 valence electrons. The van der Waals surface area contributed by atoms with Gasteiger partial charge in [0.05, 0.1) is 16.7 Å². The number of halogens is 1. The molecule has 2 aromatic carbocycles. The molecule has 4 nitrogen and oxygen atoms in total. The van der Waals surface area contributed by atoms with Gasteiger partial charge in [-0.2, -0.15) is 0 Å². The fourth-order valence-corrected chi connectivity index (χ4v) is 5.14. The van der Waals surface area contributed by atoms with Gasteiger partial charge in [-0.3, -0.25) is 9.59 Å². The third-order valence-corrected chi connectivity index (χ3v) is 6.73. The van der Waals surface area contributed by atoms with Crippen LogP contribution in [0.5, 0.6) is 5.75 Å². The molecule has 1 amide bonds. The molecule has 1 aromatic heterocycles. The first-order chi connectivity index (χ1) is 13.5. The quantitative estimate of drug-likeness (QED) is 0.471. The Bertz CT molecular complexity index is 988. The molecule has 2 atom stereocenters. The number of phenolic OH excluding ortho intramolecular Hbond substituents is 1. The Morgan fingerprint density at radius 1 is 1.11 bits per heavy atom. The third kappa shape index (κ3) is 3.55. The second-order valence-corrected chi connectivity index (χ2v) is 8.43. The van der Waals surface area contributed by atoms with E-state index in [0.29, 0.717) is 10.6 Å². The van der Waals surface area contributed by atoms with Crippen molar-refractivity contribution in [1.82, 2.24) is 0 Å². The summed E-state index contributed by atoms with van der Waals surface area (Å²) in [7, 11) is 0. The molecule has 28 heavy (non-hydrogen) atoms. The molecule has 0 unspecified atom stereocenters. The van der Waals surface area contributed by atoms with Gasteiger partial charge in [0.25, 0.3) is 0 Å². The maximum absolute atomic E-state index is 13.3. The number of benzene rings is 2. The molecule has 1 saturated heterocycles. The number of amides is 1.